The summed E-state index contributed by atoms with van der Waals surface area (Å²) in [5.41, 5.74) is 0.946. The van der Waals surface area contributed by atoms with E-state index in [2.05, 4.69) is 29.2 Å². The Morgan fingerprint density at radius 1 is 1.62 bits per heavy atom. The summed E-state index contributed by atoms with van der Waals surface area (Å²) in [7, 11) is 0. The first-order valence-corrected chi connectivity index (χ1v) is 4.82. The van der Waals surface area contributed by atoms with Crippen LogP contribution in [0.5, 0.6) is 5.75 Å². The van der Waals surface area contributed by atoms with Gasteiger partial charge in [-0.25, -0.2) is 4.79 Å². The third-order valence-electron chi connectivity index (χ3n) is 1.53. The van der Waals surface area contributed by atoms with E-state index in [0.717, 1.165) is 15.2 Å². The molecule has 0 aliphatic carbocycles. The lowest BCUT2D eigenvalue weighted by atomic mass is 10.2. The van der Waals surface area contributed by atoms with E-state index in [0.29, 0.717) is 5.75 Å². The van der Waals surface area contributed by atoms with Crippen LogP contribution in [0.15, 0.2) is 30.9 Å². The monoisotopic (exact) mass is 288 g/mol. The van der Waals surface area contributed by atoms with Crippen molar-refractivity contribution < 1.29 is 9.53 Å². The average Bonchev–Trinajstić information content (AvgIpc) is 2.11. The highest BCUT2D eigenvalue weighted by Crippen LogP contribution is 2.24. The zero-order valence-electron chi connectivity index (χ0n) is 7.21. The van der Waals surface area contributed by atoms with Crippen LogP contribution in [0.2, 0.25) is 0 Å². The van der Waals surface area contributed by atoms with E-state index < -0.39 is 5.97 Å². The van der Waals surface area contributed by atoms with Gasteiger partial charge in [-0.2, -0.15) is 0 Å². The number of para-hydroxylation sites is 1. The van der Waals surface area contributed by atoms with Crippen molar-refractivity contribution >= 4 is 28.6 Å². The minimum Gasteiger partial charge on any atom is -0.422 e. The Morgan fingerprint density at radius 3 is 2.85 bits per heavy atom. The molecule has 0 saturated heterocycles. The number of hydrogen-bond donors (Lipinski definition) is 0. The Hall–Kier alpha value is -0.840. The van der Waals surface area contributed by atoms with Crippen LogP contribution in [0, 0.1) is 10.5 Å². The molecule has 0 spiro atoms. The minimum atomic E-state index is -0.424. The number of benzene rings is 1. The second-order valence-corrected chi connectivity index (χ2v) is 3.67. The van der Waals surface area contributed by atoms with Gasteiger partial charge in [-0.05, 0) is 41.1 Å². The number of halogens is 1. The summed E-state index contributed by atoms with van der Waals surface area (Å²) in [6, 6.07) is 5.70. The highest BCUT2D eigenvalue weighted by molar-refractivity contribution is 14.1. The summed E-state index contributed by atoms with van der Waals surface area (Å²) >= 11 is 2.12. The topological polar surface area (TPSA) is 26.3 Å². The molecule has 0 heterocycles. The molecule has 13 heavy (non-hydrogen) atoms. The van der Waals surface area contributed by atoms with Crippen molar-refractivity contribution in [2.24, 2.45) is 0 Å². The molecule has 0 aromatic heterocycles. The van der Waals surface area contributed by atoms with Crippen LogP contribution >= 0.6 is 22.6 Å². The summed E-state index contributed by atoms with van der Waals surface area (Å²) in [5.74, 6) is 0.195. The fraction of sp³-hybridized carbons (Fsp3) is 0.100. The molecule has 0 fully saturated rings. The van der Waals surface area contributed by atoms with E-state index in [1.165, 1.54) is 0 Å². The molecule has 0 unspecified atom stereocenters. The summed E-state index contributed by atoms with van der Waals surface area (Å²) in [6.07, 6.45) is 1.16. The standard InChI is InChI=1S/C10H9IO2/c1-3-9(12)13-10-7(2)5-4-6-8(10)11/h3-6H,1H2,2H3. The molecule has 0 bridgehead atoms. The molecule has 0 saturated carbocycles. The number of carbonyl (C=O) groups excluding carboxylic acids is 1. The Labute approximate surface area is 90.7 Å². The maximum atomic E-state index is 10.9. The van der Waals surface area contributed by atoms with Crippen LogP contribution < -0.4 is 4.74 Å². The van der Waals surface area contributed by atoms with Gasteiger partial charge in [0.1, 0.15) is 5.75 Å². The van der Waals surface area contributed by atoms with Gasteiger partial charge in [-0.3, -0.25) is 0 Å². The van der Waals surface area contributed by atoms with Gasteiger partial charge in [0.2, 0.25) is 0 Å². The molecular weight excluding hydrogens is 279 g/mol. The van der Waals surface area contributed by atoms with Crippen LogP contribution in [0.3, 0.4) is 0 Å². The largest absolute Gasteiger partial charge is 0.422 e. The van der Waals surface area contributed by atoms with Crippen LogP contribution in [0.4, 0.5) is 0 Å². The van der Waals surface area contributed by atoms with Crippen LogP contribution in [0.1, 0.15) is 5.56 Å². The normalized spacial score (nSPS) is 9.38. The van der Waals surface area contributed by atoms with E-state index in [-0.39, 0.29) is 0 Å². The van der Waals surface area contributed by atoms with Crippen molar-refractivity contribution in [3.05, 3.63) is 40.0 Å². The van der Waals surface area contributed by atoms with Crippen LogP contribution in [-0.2, 0) is 4.79 Å². The Bertz CT molecular complexity index is 325. The molecule has 0 amide bonds. The average molecular weight is 288 g/mol. The first-order chi connectivity index (χ1) is 6.15. The van der Waals surface area contributed by atoms with E-state index in [4.69, 9.17) is 4.74 Å². The zero-order valence-corrected chi connectivity index (χ0v) is 9.37. The molecular formula is C10H9IO2. The van der Waals surface area contributed by atoms with Crippen molar-refractivity contribution in [2.45, 2.75) is 6.92 Å². The summed E-state index contributed by atoms with van der Waals surface area (Å²) in [5, 5.41) is 0. The molecule has 2 nitrogen and oxygen atoms in total. The fourth-order valence-corrected chi connectivity index (χ4v) is 1.63. The molecule has 0 atom stereocenters. The van der Waals surface area contributed by atoms with Gasteiger partial charge in [0.25, 0.3) is 0 Å². The summed E-state index contributed by atoms with van der Waals surface area (Å²) in [6.45, 7) is 5.24. The van der Waals surface area contributed by atoms with Gasteiger partial charge in [0, 0.05) is 6.08 Å². The number of carbonyl (C=O) groups is 1. The Balaban J connectivity index is 2.99. The first kappa shape index (κ1) is 10.2. The van der Waals surface area contributed by atoms with Crippen molar-refractivity contribution in [1.82, 2.24) is 0 Å². The van der Waals surface area contributed by atoms with Crippen molar-refractivity contribution in [3.8, 4) is 5.75 Å². The van der Waals surface area contributed by atoms with Gasteiger partial charge in [-0.1, -0.05) is 18.7 Å². The predicted octanol–water partition coefficient (Wildman–Crippen LogP) is 2.69. The number of aryl methyl sites for hydroxylation is 1. The molecule has 1 aromatic carbocycles. The molecule has 1 aromatic rings. The maximum absolute atomic E-state index is 10.9. The SMILES string of the molecule is C=CC(=O)Oc1c(C)cccc1I. The highest BCUT2D eigenvalue weighted by Gasteiger charge is 2.06. The van der Waals surface area contributed by atoms with Crippen molar-refractivity contribution in [1.29, 1.82) is 0 Å². The van der Waals surface area contributed by atoms with Gasteiger partial charge >= 0.3 is 5.97 Å². The lowest BCUT2D eigenvalue weighted by Gasteiger charge is -2.06. The molecule has 68 valence electrons. The summed E-state index contributed by atoms with van der Waals surface area (Å²) < 4.78 is 5.98. The molecule has 0 radical (unpaired) electrons. The molecule has 0 N–H and O–H groups in total. The van der Waals surface area contributed by atoms with E-state index in [9.17, 15) is 4.79 Å². The Morgan fingerprint density at radius 2 is 2.31 bits per heavy atom. The second kappa shape index (κ2) is 4.41. The van der Waals surface area contributed by atoms with E-state index >= 15 is 0 Å². The molecule has 3 heteroatoms. The van der Waals surface area contributed by atoms with Gasteiger partial charge in [0.05, 0.1) is 3.57 Å². The summed E-state index contributed by atoms with van der Waals surface area (Å²) in [4.78, 5) is 10.9. The number of ether oxygens (including phenoxy) is 1. The van der Waals surface area contributed by atoms with Crippen molar-refractivity contribution in [3.63, 3.8) is 0 Å². The predicted molar refractivity (Wildman–Crippen MR) is 59.7 cm³/mol. The smallest absolute Gasteiger partial charge is 0.335 e. The van der Waals surface area contributed by atoms with Crippen LogP contribution in [-0.4, -0.2) is 5.97 Å². The molecule has 1 rings (SSSR count). The van der Waals surface area contributed by atoms with E-state index in [1.54, 1.807) is 0 Å². The second-order valence-electron chi connectivity index (χ2n) is 2.51. The zero-order chi connectivity index (χ0) is 9.84. The molecule has 0 aliphatic rings. The third kappa shape index (κ3) is 2.55. The van der Waals surface area contributed by atoms with Gasteiger partial charge in [-0.15, -0.1) is 0 Å². The number of rotatable bonds is 2. The van der Waals surface area contributed by atoms with Gasteiger partial charge in [0.15, 0.2) is 0 Å². The highest BCUT2D eigenvalue weighted by atomic mass is 127. The van der Waals surface area contributed by atoms with Gasteiger partial charge < -0.3 is 4.74 Å². The number of esters is 1. The Kier molecular flexibility index (Phi) is 3.48. The number of hydrogen-bond acceptors (Lipinski definition) is 2. The lowest BCUT2D eigenvalue weighted by molar-refractivity contribution is -0.129. The quantitative estimate of drug-likeness (QED) is 0.362. The third-order valence-corrected chi connectivity index (χ3v) is 2.38. The lowest BCUT2D eigenvalue weighted by Crippen LogP contribution is -2.05. The van der Waals surface area contributed by atoms with Crippen LogP contribution in [0.25, 0.3) is 0 Å². The van der Waals surface area contributed by atoms with Crippen molar-refractivity contribution in [2.75, 3.05) is 0 Å². The molecule has 0 aliphatic heterocycles. The minimum absolute atomic E-state index is 0.424. The fourth-order valence-electron chi connectivity index (χ4n) is 0.888. The first-order valence-electron chi connectivity index (χ1n) is 3.74. The maximum Gasteiger partial charge on any atom is 0.335 e. The van der Waals surface area contributed by atoms with E-state index in [1.807, 2.05) is 25.1 Å².